The summed E-state index contributed by atoms with van der Waals surface area (Å²) in [5.74, 6) is 1.66. The molecule has 0 saturated carbocycles. The van der Waals surface area contributed by atoms with Crippen molar-refractivity contribution in [1.82, 2.24) is 19.9 Å². The smallest absolute Gasteiger partial charge is 0.164 e. The van der Waals surface area contributed by atoms with Crippen molar-refractivity contribution in [2.75, 3.05) is 0 Å². The first-order valence-electron chi connectivity index (χ1n) is 20.8. The molecule has 0 amide bonds. The van der Waals surface area contributed by atoms with Crippen LogP contribution in [0, 0.1) is 0 Å². The first-order chi connectivity index (χ1) is 31.2. The average Bonchev–Trinajstić information content (AvgIpc) is 4.05. The number of fused-ring (bicyclic) bond motifs is 9. The fourth-order valence-corrected chi connectivity index (χ4v) is 9.06. The summed E-state index contributed by atoms with van der Waals surface area (Å²) in [5, 5.41) is 6.43. The van der Waals surface area contributed by atoms with Crippen LogP contribution in [0.15, 0.2) is 208 Å². The molecule has 0 saturated heterocycles. The van der Waals surface area contributed by atoms with Crippen molar-refractivity contribution >= 4 is 65.8 Å². The quantitative estimate of drug-likeness (QED) is 0.165. The number of nitrogens with zero attached hydrogens (tertiary/aromatic N) is 4. The number of para-hydroxylation sites is 3. The summed E-state index contributed by atoms with van der Waals surface area (Å²) in [5.41, 5.74) is 13.7. The number of aromatic nitrogens is 4. The van der Waals surface area contributed by atoms with Crippen molar-refractivity contribution in [2.45, 2.75) is 0 Å². The van der Waals surface area contributed by atoms with Gasteiger partial charge in [0.05, 0.1) is 0 Å². The summed E-state index contributed by atoms with van der Waals surface area (Å²) in [6.45, 7) is 0. The Morgan fingerprint density at radius 1 is 0.302 bits per heavy atom. The van der Waals surface area contributed by atoms with E-state index in [2.05, 4.69) is 114 Å². The molecule has 0 spiro atoms. The maximum atomic E-state index is 6.72. The third-order valence-corrected chi connectivity index (χ3v) is 12.1. The number of pyridine rings is 1. The molecule has 294 valence electrons. The van der Waals surface area contributed by atoms with Crippen LogP contribution in [0.3, 0.4) is 0 Å². The summed E-state index contributed by atoms with van der Waals surface area (Å²) >= 11 is 0. The van der Waals surface area contributed by atoms with Crippen molar-refractivity contribution in [3.63, 3.8) is 0 Å². The van der Waals surface area contributed by atoms with Crippen LogP contribution in [0.4, 0.5) is 0 Å². The Bertz CT molecular complexity index is 3920. The Balaban J connectivity index is 0.945. The molecular weight excluding hydrogens is 777 g/mol. The average molecular weight is 809 g/mol. The predicted molar refractivity (Wildman–Crippen MR) is 252 cm³/mol. The molecule has 7 heteroatoms. The van der Waals surface area contributed by atoms with Crippen LogP contribution in [-0.2, 0) is 0 Å². The van der Waals surface area contributed by atoms with Crippen molar-refractivity contribution in [2.24, 2.45) is 0 Å². The highest BCUT2D eigenvalue weighted by Gasteiger charge is 2.20. The fraction of sp³-hybridized carbons (Fsp3) is 0. The predicted octanol–water partition coefficient (Wildman–Crippen LogP) is 15.0. The lowest BCUT2D eigenvalue weighted by molar-refractivity contribution is 0.668. The van der Waals surface area contributed by atoms with E-state index >= 15 is 0 Å². The molecule has 0 unspecified atom stereocenters. The Labute approximate surface area is 359 Å². The monoisotopic (exact) mass is 808 g/mol. The van der Waals surface area contributed by atoms with E-state index in [0.717, 1.165) is 116 Å². The lowest BCUT2D eigenvalue weighted by Gasteiger charge is -2.12. The highest BCUT2D eigenvalue weighted by Crippen LogP contribution is 2.44. The van der Waals surface area contributed by atoms with Gasteiger partial charge in [-0.25, -0.2) is 15.0 Å². The van der Waals surface area contributed by atoms with Crippen LogP contribution in [0.25, 0.3) is 133 Å². The molecule has 5 aromatic heterocycles. The molecule has 13 rings (SSSR count). The topological polar surface area (TPSA) is 91.0 Å². The minimum atomic E-state index is 0.545. The molecule has 0 aliphatic rings. The lowest BCUT2D eigenvalue weighted by atomic mass is 9.93. The summed E-state index contributed by atoms with van der Waals surface area (Å²) in [6, 6.07) is 62.0. The number of benzene rings is 8. The van der Waals surface area contributed by atoms with Crippen LogP contribution in [-0.4, -0.2) is 19.9 Å². The summed E-state index contributed by atoms with van der Waals surface area (Å²) < 4.78 is 19.2. The third kappa shape index (κ3) is 5.75. The van der Waals surface area contributed by atoms with Gasteiger partial charge in [0, 0.05) is 72.5 Å². The first kappa shape index (κ1) is 35.1. The standard InChI is InChI=1S/C56H32N4O3/c1-2-14-44(38(11-1)37-10-9-29-57-32-37)56-59-54(58-55(60-56)36-23-25-43-41-12-3-6-16-47(41)62-51(43)31-36)34-21-19-33(20-22-34)40-27-26-39(52-45-15-5-8-18-49(45)63-53(40)52)35-24-28-50-46(30-35)42-13-4-7-17-48(42)61-50/h1-32H. The van der Waals surface area contributed by atoms with Gasteiger partial charge in [-0.2, -0.15) is 0 Å². The Kier molecular flexibility index (Phi) is 7.77. The van der Waals surface area contributed by atoms with Gasteiger partial charge in [0.2, 0.25) is 0 Å². The Morgan fingerprint density at radius 3 is 1.65 bits per heavy atom. The van der Waals surface area contributed by atoms with E-state index < -0.39 is 0 Å². The molecule has 0 aliphatic heterocycles. The molecule has 13 aromatic rings. The largest absolute Gasteiger partial charge is 0.456 e. The summed E-state index contributed by atoms with van der Waals surface area (Å²) in [7, 11) is 0. The molecule has 0 fully saturated rings. The van der Waals surface area contributed by atoms with E-state index in [1.807, 2.05) is 79.0 Å². The van der Waals surface area contributed by atoms with Crippen molar-refractivity contribution in [1.29, 1.82) is 0 Å². The van der Waals surface area contributed by atoms with Crippen LogP contribution >= 0.6 is 0 Å². The molecule has 63 heavy (non-hydrogen) atoms. The molecule has 5 heterocycles. The number of furan rings is 3. The molecule has 8 aromatic carbocycles. The van der Waals surface area contributed by atoms with Gasteiger partial charge in [-0.05, 0) is 76.9 Å². The zero-order valence-electron chi connectivity index (χ0n) is 33.5. The SMILES string of the molecule is c1cncc(-c2ccccc2-c2nc(-c3ccc(-c4ccc(-c5ccc6oc7ccccc7c6c5)c5c4oc4ccccc45)cc3)nc(-c3ccc4c(c3)oc3ccccc34)n2)c1. The van der Waals surface area contributed by atoms with Gasteiger partial charge >= 0.3 is 0 Å². The van der Waals surface area contributed by atoms with Crippen LogP contribution in [0.1, 0.15) is 0 Å². The minimum Gasteiger partial charge on any atom is -0.456 e. The van der Waals surface area contributed by atoms with Gasteiger partial charge in [-0.3, -0.25) is 4.98 Å². The maximum absolute atomic E-state index is 6.72. The molecule has 0 radical (unpaired) electrons. The molecule has 0 N–H and O–H groups in total. The van der Waals surface area contributed by atoms with Crippen molar-refractivity contribution < 1.29 is 13.3 Å². The number of hydrogen-bond acceptors (Lipinski definition) is 7. The molecule has 0 aliphatic carbocycles. The highest BCUT2D eigenvalue weighted by atomic mass is 16.3. The van der Waals surface area contributed by atoms with Crippen LogP contribution < -0.4 is 0 Å². The minimum absolute atomic E-state index is 0.545. The van der Waals surface area contributed by atoms with Gasteiger partial charge in [-0.15, -0.1) is 0 Å². The number of hydrogen-bond donors (Lipinski definition) is 0. The van der Waals surface area contributed by atoms with Gasteiger partial charge < -0.3 is 13.3 Å². The van der Waals surface area contributed by atoms with E-state index in [0.29, 0.717) is 17.5 Å². The second kappa shape index (κ2) is 13.9. The highest BCUT2D eigenvalue weighted by molar-refractivity contribution is 6.17. The maximum Gasteiger partial charge on any atom is 0.164 e. The van der Waals surface area contributed by atoms with Crippen molar-refractivity contribution in [3.8, 4) is 67.5 Å². The zero-order valence-corrected chi connectivity index (χ0v) is 33.5. The Morgan fingerprint density at radius 2 is 0.873 bits per heavy atom. The van der Waals surface area contributed by atoms with Gasteiger partial charge in [-0.1, -0.05) is 127 Å². The summed E-state index contributed by atoms with van der Waals surface area (Å²) in [6.07, 6.45) is 3.64. The first-order valence-corrected chi connectivity index (χ1v) is 20.8. The van der Waals surface area contributed by atoms with Gasteiger partial charge in [0.15, 0.2) is 17.5 Å². The van der Waals surface area contributed by atoms with E-state index in [1.165, 1.54) is 0 Å². The van der Waals surface area contributed by atoms with Crippen LogP contribution in [0.2, 0.25) is 0 Å². The molecular formula is C56H32N4O3. The van der Waals surface area contributed by atoms with E-state index in [9.17, 15) is 0 Å². The van der Waals surface area contributed by atoms with Gasteiger partial charge in [0.25, 0.3) is 0 Å². The number of rotatable bonds is 6. The van der Waals surface area contributed by atoms with Crippen molar-refractivity contribution in [3.05, 3.63) is 194 Å². The summed E-state index contributed by atoms with van der Waals surface area (Å²) in [4.78, 5) is 19.8. The normalized spacial score (nSPS) is 11.8. The fourth-order valence-electron chi connectivity index (χ4n) is 9.06. The van der Waals surface area contributed by atoms with E-state index in [-0.39, 0.29) is 0 Å². The second-order valence-electron chi connectivity index (χ2n) is 15.8. The molecule has 0 bridgehead atoms. The zero-order chi connectivity index (χ0) is 41.4. The van der Waals surface area contributed by atoms with E-state index in [1.54, 1.807) is 6.20 Å². The lowest BCUT2D eigenvalue weighted by Crippen LogP contribution is -2.01. The molecule has 0 atom stereocenters. The van der Waals surface area contributed by atoms with Gasteiger partial charge in [0.1, 0.15) is 33.5 Å². The second-order valence-corrected chi connectivity index (χ2v) is 15.8. The third-order valence-electron chi connectivity index (χ3n) is 12.1. The van der Waals surface area contributed by atoms with Crippen LogP contribution in [0.5, 0.6) is 0 Å². The Hall–Kier alpha value is -8.68. The van der Waals surface area contributed by atoms with E-state index in [4.69, 9.17) is 28.2 Å². The molecule has 7 nitrogen and oxygen atoms in total.